The lowest BCUT2D eigenvalue weighted by Gasteiger charge is -2.26. The van der Waals surface area contributed by atoms with E-state index in [1.165, 1.54) is 0 Å². The first-order valence-electron chi connectivity index (χ1n) is 3.58. The number of alkyl halides is 5. The molecule has 0 aromatic carbocycles. The number of rotatable bonds is 5. The summed E-state index contributed by atoms with van der Waals surface area (Å²) in [4.78, 5) is 10.6. The Balaban J connectivity index is 5.50. The number of hydrogen-bond acceptors (Lipinski definition) is 4. The molecular formula is C6H5F4IO5S. The quantitative estimate of drug-likeness (QED) is 0.192. The fourth-order valence-electron chi connectivity index (χ4n) is 0.625. The van der Waals surface area contributed by atoms with Crippen LogP contribution < -0.4 is 0 Å². The summed E-state index contributed by atoms with van der Waals surface area (Å²) in [5.41, 5.74) is 0. The van der Waals surface area contributed by atoms with Gasteiger partial charge in [-0.05, 0) is 0 Å². The van der Waals surface area contributed by atoms with E-state index in [-0.39, 0.29) is 28.7 Å². The zero-order valence-corrected chi connectivity index (χ0v) is 10.7. The molecule has 0 saturated carbocycles. The first-order valence-corrected chi connectivity index (χ1v) is 6.10. The molecule has 0 aliphatic heterocycles. The van der Waals surface area contributed by atoms with Crippen molar-refractivity contribution in [1.82, 2.24) is 0 Å². The SMILES string of the molecule is C=CC(=O)OC(C(F)(F)I)C(F)(F)S(=O)(=O)O. The Morgan fingerprint density at radius 2 is 1.82 bits per heavy atom. The first kappa shape index (κ1) is 16.6. The van der Waals surface area contributed by atoms with Crippen LogP contribution in [0.1, 0.15) is 0 Å². The smallest absolute Gasteiger partial charge is 0.412 e. The van der Waals surface area contributed by atoms with Gasteiger partial charge in [-0.1, -0.05) is 6.58 Å². The molecule has 0 heterocycles. The van der Waals surface area contributed by atoms with Crippen LogP contribution in [0.15, 0.2) is 12.7 Å². The van der Waals surface area contributed by atoms with Gasteiger partial charge < -0.3 is 4.74 Å². The summed E-state index contributed by atoms with van der Waals surface area (Å²) in [6.07, 6.45) is -3.38. The van der Waals surface area contributed by atoms with Crippen LogP contribution in [-0.4, -0.2) is 34.2 Å². The van der Waals surface area contributed by atoms with Crippen LogP contribution in [-0.2, 0) is 19.6 Å². The van der Waals surface area contributed by atoms with Crippen LogP contribution in [0.25, 0.3) is 0 Å². The highest BCUT2D eigenvalue weighted by atomic mass is 127. The van der Waals surface area contributed by atoms with Gasteiger partial charge in [-0.3, -0.25) is 4.55 Å². The second-order valence-corrected chi connectivity index (χ2v) is 5.53. The van der Waals surface area contributed by atoms with Crippen molar-refractivity contribution in [2.75, 3.05) is 0 Å². The van der Waals surface area contributed by atoms with Crippen LogP contribution in [0.2, 0.25) is 0 Å². The third-order valence-electron chi connectivity index (χ3n) is 1.35. The van der Waals surface area contributed by atoms with Gasteiger partial charge in [0, 0.05) is 28.7 Å². The molecular weight excluding hydrogens is 387 g/mol. The predicted octanol–water partition coefficient (Wildman–Crippen LogP) is 1.59. The van der Waals surface area contributed by atoms with E-state index < -0.39 is 31.4 Å². The molecule has 0 radical (unpaired) electrons. The molecule has 0 aliphatic carbocycles. The summed E-state index contributed by atoms with van der Waals surface area (Å²) in [6, 6.07) is 0. The molecule has 17 heavy (non-hydrogen) atoms. The number of carbonyl (C=O) groups excluding carboxylic acids is 1. The van der Waals surface area contributed by atoms with E-state index in [1.807, 2.05) is 0 Å². The standard InChI is InChI=1S/C6H5F4IO5S/c1-2-3(12)16-4(5(7,8)11)6(9,10)17(13,14)15/h2,4H,1H2,(H,13,14,15). The van der Waals surface area contributed by atoms with E-state index in [9.17, 15) is 30.8 Å². The normalized spacial score (nSPS) is 15.2. The maximum absolute atomic E-state index is 13.0. The molecule has 0 aromatic heterocycles. The van der Waals surface area contributed by atoms with Gasteiger partial charge in [0.2, 0.25) is 0 Å². The van der Waals surface area contributed by atoms with Gasteiger partial charge in [-0.25, -0.2) is 4.79 Å². The lowest BCUT2D eigenvalue weighted by Crippen LogP contribution is -2.51. The zero-order valence-electron chi connectivity index (χ0n) is 7.74. The average molecular weight is 392 g/mol. The molecule has 0 aromatic rings. The minimum absolute atomic E-state index is 0.153. The maximum Gasteiger partial charge on any atom is 0.412 e. The Labute approximate surface area is 107 Å². The molecule has 0 saturated heterocycles. The molecule has 100 valence electrons. The minimum atomic E-state index is -6.17. The van der Waals surface area contributed by atoms with Gasteiger partial charge in [0.15, 0.2) is 0 Å². The number of hydrogen-bond donors (Lipinski definition) is 1. The van der Waals surface area contributed by atoms with Gasteiger partial charge >= 0.3 is 25.3 Å². The third-order valence-corrected chi connectivity index (χ3v) is 2.81. The minimum Gasteiger partial charge on any atom is -0.444 e. The predicted molar refractivity (Wildman–Crippen MR) is 55.5 cm³/mol. The third kappa shape index (κ3) is 4.06. The Kier molecular flexibility index (Phi) is 4.93. The fraction of sp³-hybridized carbons (Fsp3) is 0.500. The molecule has 0 fully saturated rings. The Bertz CT molecular complexity index is 415. The molecule has 0 aliphatic rings. The van der Waals surface area contributed by atoms with Crippen molar-refractivity contribution < 1.29 is 40.1 Å². The highest BCUT2D eigenvalue weighted by Gasteiger charge is 2.64. The van der Waals surface area contributed by atoms with E-state index in [2.05, 4.69) is 11.3 Å². The Morgan fingerprint density at radius 1 is 1.41 bits per heavy atom. The first-order chi connectivity index (χ1) is 7.34. The van der Waals surface area contributed by atoms with Crippen molar-refractivity contribution >= 4 is 38.7 Å². The van der Waals surface area contributed by atoms with E-state index in [0.717, 1.165) is 0 Å². The van der Waals surface area contributed by atoms with Gasteiger partial charge in [-0.15, -0.1) is 0 Å². The zero-order chi connectivity index (χ0) is 14.1. The summed E-state index contributed by atoms with van der Waals surface area (Å²) in [5, 5.41) is -5.35. The van der Waals surface area contributed by atoms with Gasteiger partial charge in [-0.2, -0.15) is 26.0 Å². The van der Waals surface area contributed by atoms with Crippen molar-refractivity contribution in [1.29, 1.82) is 0 Å². The van der Waals surface area contributed by atoms with Crippen LogP contribution in [0.3, 0.4) is 0 Å². The molecule has 0 amide bonds. The van der Waals surface area contributed by atoms with Crippen molar-refractivity contribution in [3.05, 3.63) is 12.7 Å². The fourth-order valence-corrected chi connectivity index (χ4v) is 1.82. The number of ether oxygens (including phenoxy) is 1. The average Bonchev–Trinajstić information content (AvgIpc) is 2.09. The Hall–Kier alpha value is -0.430. The topological polar surface area (TPSA) is 80.7 Å². The van der Waals surface area contributed by atoms with Crippen molar-refractivity contribution in [2.24, 2.45) is 0 Å². The lowest BCUT2D eigenvalue weighted by molar-refractivity contribution is -0.177. The molecule has 11 heteroatoms. The molecule has 1 N–H and O–H groups in total. The molecule has 1 unspecified atom stereocenters. The van der Waals surface area contributed by atoms with Gasteiger partial charge in [0.1, 0.15) is 0 Å². The van der Waals surface area contributed by atoms with Crippen LogP contribution in [0.4, 0.5) is 17.6 Å². The molecule has 0 rings (SSSR count). The lowest BCUT2D eigenvalue weighted by atomic mass is 10.4. The van der Waals surface area contributed by atoms with Crippen LogP contribution >= 0.6 is 22.6 Å². The summed E-state index contributed by atoms with van der Waals surface area (Å²) in [7, 11) is -6.17. The summed E-state index contributed by atoms with van der Waals surface area (Å²) < 4.78 is 79.2. The monoisotopic (exact) mass is 392 g/mol. The van der Waals surface area contributed by atoms with E-state index >= 15 is 0 Å². The van der Waals surface area contributed by atoms with Crippen LogP contribution in [0.5, 0.6) is 0 Å². The molecule has 1 atom stereocenters. The largest absolute Gasteiger partial charge is 0.444 e. The summed E-state index contributed by atoms with van der Waals surface area (Å²) in [6.45, 7) is 2.76. The van der Waals surface area contributed by atoms with Gasteiger partial charge in [0.25, 0.3) is 6.10 Å². The maximum atomic E-state index is 13.0. The molecule has 0 bridgehead atoms. The second kappa shape index (κ2) is 5.06. The summed E-state index contributed by atoms with van der Waals surface area (Å²) in [5.74, 6) is -1.69. The number of halogens is 5. The molecule has 5 nitrogen and oxygen atoms in total. The van der Waals surface area contributed by atoms with Crippen molar-refractivity contribution in [2.45, 2.75) is 15.3 Å². The number of carbonyl (C=O) groups is 1. The van der Waals surface area contributed by atoms with E-state index in [1.54, 1.807) is 0 Å². The highest BCUT2D eigenvalue weighted by molar-refractivity contribution is 14.1. The van der Waals surface area contributed by atoms with Crippen LogP contribution in [0, 0.1) is 0 Å². The van der Waals surface area contributed by atoms with E-state index in [0.29, 0.717) is 0 Å². The highest BCUT2D eigenvalue weighted by Crippen LogP contribution is 2.40. The van der Waals surface area contributed by atoms with E-state index in [4.69, 9.17) is 4.55 Å². The van der Waals surface area contributed by atoms with Crippen molar-refractivity contribution in [3.8, 4) is 0 Å². The molecule has 0 spiro atoms. The summed E-state index contributed by atoms with van der Waals surface area (Å²) >= 11 is 0.153. The number of esters is 1. The second-order valence-electron chi connectivity index (χ2n) is 2.60. The van der Waals surface area contributed by atoms with Crippen molar-refractivity contribution in [3.63, 3.8) is 0 Å². The Morgan fingerprint density at radius 3 is 2.06 bits per heavy atom. The van der Waals surface area contributed by atoms with Gasteiger partial charge in [0.05, 0.1) is 0 Å².